The molecule has 1 aromatic heterocycles. The van der Waals surface area contributed by atoms with Crippen molar-refractivity contribution in [2.24, 2.45) is 4.99 Å². The molecule has 1 aliphatic heterocycles. The Balaban J connectivity index is 1.50. The van der Waals surface area contributed by atoms with Crippen molar-refractivity contribution in [1.82, 2.24) is 14.8 Å². The van der Waals surface area contributed by atoms with Gasteiger partial charge < -0.3 is 9.88 Å². The Morgan fingerprint density at radius 1 is 1.25 bits per heavy atom. The lowest BCUT2D eigenvalue weighted by Gasteiger charge is -2.19. The number of halogens is 1. The molecule has 0 radical (unpaired) electrons. The van der Waals surface area contributed by atoms with Crippen LogP contribution in [0.25, 0.3) is 0 Å². The maximum absolute atomic E-state index is 13.9. The van der Waals surface area contributed by atoms with Gasteiger partial charge in [0.1, 0.15) is 17.9 Å². The summed E-state index contributed by atoms with van der Waals surface area (Å²) in [5, 5.41) is 4.49. The first-order valence-corrected chi connectivity index (χ1v) is 9.95. The number of aromatic nitrogens is 1. The number of carbonyl (C=O) groups excluding carboxylic acids is 3. The van der Waals surface area contributed by atoms with Gasteiger partial charge in [-0.15, -0.1) is 11.3 Å². The van der Waals surface area contributed by atoms with Crippen LogP contribution < -0.4 is 10.1 Å². The Hall–Kier alpha value is -2.81. The number of nitrogens with one attached hydrogen (secondary N) is 1. The number of urea groups is 1. The average molecular weight is 402 g/mol. The Morgan fingerprint density at radius 2 is 2.00 bits per heavy atom. The zero-order valence-electron chi connectivity index (χ0n) is 15.1. The zero-order valence-corrected chi connectivity index (χ0v) is 15.9. The van der Waals surface area contributed by atoms with Crippen molar-refractivity contribution in [3.63, 3.8) is 0 Å². The minimum atomic E-state index is -0.842. The van der Waals surface area contributed by atoms with E-state index in [4.69, 9.17) is 0 Å². The van der Waals surface area contributed by atoms with Gasteiger partial charge >= 0.3 is 6.03 Å². The Bertz CT molecular complexity index is 1010. The third kappa shape index (κ3) is 3.37. The van der Waals surface area contributed by atoms with Crippen LogP contribution in [0.1, 0.15) is 31.2 Å². The molecule has 28 heavy (non-hydrogen) atoms. The summed E-state index contributed by atoms with van der Waals surface area (Å²) in [4.78, 5) is 42.6. The van der Waals surface area contributed by atoms with E-state index in [0.717, 1.165) is 17.7 Å². The molecule has 146 valence electrons. The largest absolute Gasteiger partial charge is 0.325 e. The second kappa shape index (κ2) is 7.31. The summed E-state index contributed by atoms with van der Waals surface area (Å²) in [6.45, 7) is -0.168. The van der Waals surface area contributed by atoms with Gasteiger partial charge in [0.2, 0.25) is 0 Å². The molecule has 1 aliphatic carbocycles. The summed E-state index contributed by atoms with van der Waals surface area (Å²) in [5.74, 6) is -1.27. The van der Waals surface area contributed by atoms with Gasteiger partial charge in [-0.25, -0.2) is 9.18 Å². The van der Waals surface area contributed by atoms with Crippen LogP contribution in [0.2, 0.25) is 0 Å². The quantitative estimate of drug-likeness (QED) is 0.795. The van der Waals surface area contributed by atoms with E-state index in [1.54, 1.807) is 34.3 Å². The van der Waals surface area contributed by atoms with Gasteiger partial charge in [0.15, 0.2) is 4.80 Å². The third-order valence-corrected chi connectivity index (χ3v) is 5.97. The van der Waals surface area contributed by atoms with Gasteiger partial charge in [0.05, 0.1) is 6.54 Å². The van der Waals surface area contributed by atoms with Crippen LogP contribution in [0.15, 0.2) is 40.8 Å². The Kier molecular flexibility index (Phi) is 4.84. The molecule has 4 amide bonds. The highest BCUT2D eigenvalue weighted by Gasteiger charge is 2.52. The number of hydrogen-bond acceptors (Lipinski definition) is 4. The van der Waals surface area contributed by atoms with E-state index in [1.165, 1.54) is 17.4 Å². The number of thiazole rings is 1. The summed E-state index contributed by atoms with van der Waals surface area (Å²) >= 11 is 1.23. The second-order valence-corrected chi connectivity index (χ2v) is 7.89. The van der Waals surface area contributed by atoms with E-state index in [-0.39, 0.29) is 18.3 Å². The highest BCUT2D eigenvalue weighted by Crippen LogP contribution is 2.34. The zero-order chi connectivity index (χ0) is 19.7. The number of nitrogens with zero attached hydrogens (tertiary/aromatic N) is 3. The lowest BCUT2D eigenvalue weighted by Crippen LogP contribution is -2.44. The van der Waals surface area contributed by atoms with Crippen LogP contribution in [0.4, 0.5) is 9.18 Å². The van der Waals surface area contributed by atoms with Crippen LogP contribution in [0.3, 0.4) is 0 Å². The van der Waals surface area contributed by atoms with Crippen molar-refractivity contribution in [2.75, 3.05) is 6.54 Å². The predicted molar refractivity (Wildman–Crippen MR) is 99.8 cm³/mol. The molecule has 2 heterocycles. The lowest BCUT2D eigenvalue weighted by atomic mass is 9.98. The molecule has 1 saturated carbocycles. The first-order chi connectivity index (χ1) is 13.5. The van der Waals surface area contributed by atoms with Gasteiger partial charge in [-0.2, -0.15) is 4.99 Å². The fourth-order valence-electron chi connectivity index (χ4n) is 3.73. The van der Waals surface area contributed by atoms with E-state index in [0.29, 0.717) is 23.2 Å². The van der Waals surface area contributed by atoms with Crippen LogP contribution in [0.5, 0.6) is 0 Å². The molecular weight excluding hydrogens is 383 g/mol. The van der Waals surface area contributed by atoms with E-state index in [1.807, 2.05) is 0 Å². The SMILES string of the molecule is O=C(CN1C(=O)NC2(CCCC2)C1=O)N=c1sccn1Cc1ccccc1F. The third-order valence-electron chi connectivity index (χ3n) is 5.18. The topological polar surface area (TPSA) is 83.8 Å². The molecule has 4 rings (SSSR count). The molecule has 1 aromatic carbocycles. The van der Waals surface area contributed by atoms with E-state index in [2.05, 4.69) is 10.3 Å². The van der Waals surface area contributed by atoms with Gasteiger partial charge in [0.25, 0.3) is 11.8 Å². The molecular formula is C19H19FN4O3S. The first kappa shape index (κ1) is 18.5. The second-order valence-electron chi connectivity index (χ2n) is 7.02. The number of benzene rings is 1. The molecule has 2 fully saturated rings. The van der Waals surface area contributed by atoms with E-state index in [9.17, 15) is 18.8 Å². The summed E-state index contributed by atoms with van der Waals surface area (Å²) in [7, 11) is 0. The van der Waals surface area contributed by atoms with Crippen LogP contribution in [-0.2, 0) is 16.1 Å². The molecule has 1 saturated heterocycles. The van der Waals surface area contributed by atoms with Gasteiger partial charge in [-0.1, -0.05) is 31.0 Å². The van der Waals surface area contributed by atoms with Gasteiger partial charge in [-0.05, 0) is 18.9 Å². The summed E-state index contributed by atoms with van der Waals surface area (Å²) in [6.07, 6.45) is 4.68. The molecule has 0 bridgehead atoms. The van der Waals surface area contributed by atoms with Crippen LogP contribution in [0, 0.1) is 5.82 Å². The minimum Gasteiger partial charge on any atom is -0.323 e. The Labute approximate surface area is 164 Å². The normalized spacial score (nSPS) is 18.9. The smallest absolute Gasteiger partial charge is 0.323 e. The lowest BCUT2D eigenvalue weighted by molar-refractivity contribution is -0.134. The van der Waals surface area contributed by atoms with Crippen molar-refractivity contribution in [3.05, 3.63) is 52.0 Å². The average Bonchev–Trinajstić information content (AvgIpc) is 3.36. The minimum absolute atomic E-state index is 0.231. The number of hydrogen-bond donors (Lipinski definition) is 1. The van der Waals surface area contributed by atoms with Crippen molar-refractivity contribution < 1.29 is 18.8 Å². The molecule has 2 aromatic rings. The summed E-state index contributed by atoms with van der Waals surface area (Å²) in [5.41, 5.74) is -0.363. The maximum atomic E-state index is 13.9. The highest BCUT2D eigenvalue weighted by atomic mass is 32.1. The fraction of sp³-hybridized carbons (Fsp3) is 0.368. The van der Waals surface area contributed by atoms with Gasteiger partial charge in [-0.3, -0.25) is 14.5 Å². The van der Waals surface area contributed by atoms with Crippen LogP contribution in [-0.4, -0.2) is 39.4 Å². The maximum Gasteiger partial charge on any atom is 0.325 e. The number of amides is 4. The molecule has 7 nitrogen and oxygen atoms in total. The van der Waals surface area contributed by atoms with E-state index < -0.39 is 24.0 Å². The molecule has 1 N–H and O–H groups in total. The Morgan fingerprint density at radius 3 is 2.75 bits per heavy atom. The first-order valence-electron chi connectivity index (χ1n) is 9.07. The van der Waals surface area contributed by atoms with Crippen LogP contribution >= 0.6 is 11.3 Å². The van der Waals surface area contributed by atoms with Crippen molar-refractivity contribution in [2.45, 2.75) is 37.8 Å². The van der Waals surface area contributed by atoms with E-state index >= 15 is 0 Å². The predicted octanol–water partition coefficient (Wildman–Crippen LogP) is 2.03. The molecule has 0 unspecified atom stereocenters. The summed E-state index contributed by atoms with van der Waals surface area (Å²) in [6, 6.07) is 5.85. The molecule has 9 heteroatoms. The highest BCUT2D eigenvalue weighted by molar-refractivity contribution is 7.07. The number of imide groups is 1. The summed E-state index contributed by atoms with van der Waals surface area (Å²) < 4.78 is 15.5. The van der Waals surface area contributed by atoms with Crippen molar-refractivity contribution in [3.8, 4) is 0 Å². The number of rotatable bonds is 4. The molecule has 0 atom stereocenters. The fourth-order valence-corrected chi connectivity index (χ4v) is 4.48. The van der Waals surface area contributed by atoms with Crippen molar-refractivity contribution in [1.29, 1.82) is 0 Å². The monoisotopic (exact) mass is 402 g/mol. The molecule has 1 spiro atoms. The van der Waals surface area contributed by atoms with Crippen molar-refractivity contribution >= 4 is 29.2 Å². The number of carbonyl (C=O) groups is 3. The molecule has 2 aliphatic rings. The van der Waals surface area contributed by atoms with Gasteiger partial charge in [0, 0.05) is 17.1 Å². The standard InChI is InChI=1S/C19H19FN4O3S/c20-14-6-2-1-5-13(14)11-23-9-10-28-18(23)21-15(25)12-24-16(26)19(22-17(24)27)7-3-4-8-19/h1-2,5-6,9-10H,3-4,7-8,11-12H2,(H,22,27).